The summed E-state index contributed by atoms with van der Waals surface area (Å²) in [5.41, 5.74) is 6.42. The van der Waals surface area contributed by atoms with Crippen LogP contribution >= 0.6 is 0 Å². The number of carbonyl (C=O) groups is 1. The number of hydrogen-bond donors (Lipinski definition) is 1. The van der Waals surface area contributed by atoms with Crippen LogP contribution in [0.1, 0.15) is 41.3 Å². The Labute approximate surface area is 219 Å². The van der Waals surface area contributed by atoms with Gasteiger partial charge in [0.15, 0.2) is 0 Å². The first-order valence-corrected chi connectivity index (χ1v) is 12.9. The predicted octanol–water partition coefficient (Wildman–Crippen LogP) is 4.96. The molecule has 1 aliphatic rings. The van der Waals surface area contributed by atoms with Gasteiger partial charge in [-0.2, -0.15) is 5.10 Å². The Bertz CT molecular complexity index is 1150. The lowest BCUT2D eigenvalue weighted by Gasteiger charge is -2.36. The largest absolute Gasteiger partial charge is 0.495 e. The number of ether oxygens (including phenoxy) is 2. The number of amides is 1. The average molecular weight is 501 g/mol. The minimum Gasteiger partial charge on any atom is -0.495 e. The van der Waals surface area contributed by atoms with E-state index in [1.807, 2.05) is 60.7 Å². The van der Waals surface area contributed by atoms with Crippen LogP contribution in [0.2, 0.25) is 0 Å². The number of rotatable bonds is 11. The second-order valence-electron chi connectivity index (χ2n) is 9.10. The standard InChI is InChI=1S/C30H36N4O3/c1-3-4-21-37-27-15-11-24(12-16-27)22-31-32-30(35)26-13-9-25(10-14-26)23-33-17-19-34(20-18-33)28-7-5-6-8-29(28)36-2/h5-16,22H,3-4,17-21,23H2,1-2H3,(H,32,35)/b31-22-. The molecule has 0 saturated carbocycles. The smallest absolute Gasteiger partial charge is 0.271 e. The zero-order valence-electron chi connectivity index (χ0n) is 21.7. The van der Waals surface area contributed by atoms with Crippen LogP contribution in [0.15, 0.2) is 77.9 Å². The summed E-state index contributed by atoms with van der Waals surface area (Å²) in [7, 11) is 1.72. The second-order valence-corrected chi connectivity index (χ2v) is 9.10. The van der Waals surface area contributed by atoms with Crippen LogP contribution in [0.25, 0.3) is 0 Å². The maximum atomic E-state index is 12.5. The number of nitrogens with zero attached hydrogens (tertiary/aromatic N) is 3. The minimum absolute atomic E-state index is 0.229. The molecule has 1 saturated heterocycles. The third kappa shape index (κ3) is 7.57. The van der Waals surface area contributed by atoms with E-state index >= 15 is 0 Å². The molecule has 1 heterocycles. The van der Waals surface area contributed by atoms with Gasteiger partial charge in [0.25, 0.3) is 5.91 Å². The summed E-state index contributed by atoms with van der Waals surface area (Å²) in [6, 6.07) is 23.6. The van der Waals surface area contributed by atoms with Crippen LogP contribution in [0.3, 0.4) is 0 Å². The van der Waals surface area contributed by atoms with Gasteiger partial charge < -0.3 is 14.4 Å². The first-order chi connectivity index (χ1) is 18.2. The summed E-state index contributed by atoms with van der Waals surface area (Å²) in [6.07, 6.45) is 3.78. The van der Waals surface area contributed by atoms with Crippen molar-refractivity contribution in [1.29, 1.82) is 0 Å². The van der Waals surface area contributed by atoms with E-state index in [9.17, 15) is 4.79 Å². The molecule has 0 bridgehead atoms. The number of para-hydroxylation sites is 2. The Morgan fingerprint density at radius 2 is 1.70 bits per heavy atom. The van der Waals surface area contributed by atoms with Crippen LogP contribution in [0.5, 0.6) is 11.5 Å². The van der Waals surface area contributed by atoms with E-state index in [1.165, 1.54) is 5.56 Å². The third-order valence-electron chi connectivity index (χ3n) is 6.45. The molecule has 4 rings (SSSR count). The molecular formula is C30H36N4O3. The number of hydrazone groups is 1. The van der Waals surface area contributed by atoms with Crippen molar-refractivity contribution in [2.45, 2.75) is 26.3 Å². The number of nitrogens with one attached hydrogen (secondary N) is 1. The fourth-order valence-corrected chi connectivity index (χ4v) is 4.27. The highest BCUT2D eigenvalue weighted by atomic mass is 16.5. The van der Waals surface area contributed by atoms with Gasteiger partial charge in [0.1, 0.15) is 11.5 Å². The molecule has 0 atom stereocenters. The van der Waals surface area contributed by atoms with Crippen molar-refractivity contribution < 1.29 is 14.3 Å². The molecule has 0 spiro atoms. The minimum atomic E-state index is -0.229. The first-order valence-electron chi connectivity index (χ1n) is 12.9. The predicted molar refractivity (Wildman–Crippen MR) is 149 cm³/mol. The molecular weight excluding hydrogens is 464 g/mol. The quantitative estimate of drug-likeness (QED) is 0.229. The van der Waals surface area contributed by atoms with Crippen molar-refractivity contribution in [2.75, 3.05) is 44.8 Å². The maximum Gasteiger partial charge on any atom is 0.271 e. The van der Waals surface area contributed by atoms with Gasteiger partial charge in [-0.05, 0) is 66.1 Å². The Balaban J connectivity index is 1.22. The van der Waals surface area contributed by atoms with Crippen molar-refractivity contribution in [2.24, 2.45) is 5.10 Å². The number of unbranched alkanes of at least 4 members (excludes halogenated alkanes) is 1. The highest BCUT2D eigenvalue weighted by Crippen LogP contribution is 2.28. The van der Waals surface area contributed by atoms with Crippen molar-refractivity contribution in [3.63, 3.8) is 0 Å². The van der Waals surface area contributed by atoms with E-state index in [1.54, 1.807) is 13.3 Å². The van der Waals surface area contributed by atoms with Crippen LogP contribution < -0.4 is 19.8 Å². The van der Waals surface area contributed by atoms with Gasteiger partial charge in [-0.15, -0.1) is 0 Å². The summed E-state index contributed by atoms with van der Waals surface area (Å²) in [4.78, 5) is 17.3. The molecule has 1 aliphatic heterocycles. The molecule has 0 aliphatic carbocycles. The van der Waals surface area contributed by atoms with E-state index in [0.29, 0.717) is 5.56 Å². The van der Waals surface area contributed by atoms with Crippen molar-refractivity contribution in [3.8, 4) is 11.5 Å². The van der Waals surface area contributed by atoms with E-state index in [4.69, 9.17) is 9.47 Å². The lowest BCUT2D eigenvalue weighted by atomic mass is 10.1. The number of carbonyl (C=O) groups excluding carboxylic acids is 1. The fourth-order valence-electron chi connectivity index (χ4n) is 4.27. The third-order valence-corrected chi connectivity index (χ3v) is 6.45. The molecule has 3 aromatic carbocycles. The lowest BCUT2D eigenvalue weighted by Crippen LogP contribution is -2.46. The van der Waals surface area contributed by atoms with E-state index < -0.39 is 0 Å². The summed E-state index contributed by atoms with van der Waals surface area (Å²) >= 11 is 0. The van der Waals surface area contributed by atoms with Crippen LogP contribution in [0.4, 0.5) is 5.69 Å². The molecule has 194 valence electrons. The molecule has 1 fully saturated rings. The summed E-state index contributed by atoms with van der Waals surface area (Å²) < 4.78 is 11.2. The highest BCUT2D eigenvalue weighted by molar-refractivity contribution is 5.94. The molecule has 37 heavy (non-hydrogen) atoms. The zero-order chi connectivity index (χ0) is 25.9. The SMILES string of the molecule is CCCCOc1ccc(/C=N\NC(=O)c2ccc(CN3CCN(c4ccccc4OC)CC3)cc2)cc1. The number of anilines is 1. The molecule has 0 aromatic heterocycles. The first kappa shape index (κ1) is 26.2. The number of methoxy groups -OCH3 is 1. The summed E-state index contributed by atoms with van der Waals surface area (Å²) in [5.74, 6) is 1.53. The van der Waals surface area contributed by atoms with Crippen molar-refractivity contribution >= 4 is 17.8 Å². The second kappa shape index (κ2) is 13.5. The van der Waals surface area contributed by atoms with Gasteiger partial charge in [0, 0.05) is 38.3 Å². The van der Waals surface area contributed by atoms with Crippen LogP contribution in [-0.2, 0) is 6.54 Å². The van der Waals surface area contributed by atoms with Gasteiger partial charge >= 0.3 is 0 Å². The molecule has 1 amide bonds. The van der Waals surface area contributed by atoms with Gasteiger partial charge in [-0.1, -0.05) is 37.6 Å². The molecule has 7 nitrogen and oxygen atoms in total. The van der Waals surface area contributed by atoms with E-state index in [-0.39, 0.29) is 5.91 Å². The molecule has 3 aromatic rings. The molecule has 0 unspecified atom stereocenters. The normalized spacial score (nSPS) is 14.1. The number of piperazine rings is 1. The average Bonchev–Trinajstić information content (AvgIpc) is 2.95. The Hall–Kier alpha value is -3.84. The molecule has 1 N–H and O–H groups in total. The van der Waals surface area contributed by atoms with Gasteiger partial charge in [-0.25, -0.2) is 5.43 Å². The Kier molecular flexibility index (Phi) is 9.54. The van der Waals surface area contributed by atoms with Crippen LogP contribution in [0, 0.1) is 0 Å². The molecule has 7 heteroatoms. The lowest BCUT2D eigenvalue weighted by molar-refractivity contribution is 0.0955. The fraction of sp³-hybridized carbons (Fsp3) is 0.333. The van der Waals surface area contributed by atoms with Gasteiger partial charge in [-0.3, -0.25) is 9.69 Å². The maximum absolute atomic E-state index is 12.5. The Morgan fingerprint density at radius 3 is 2.41 bits per heavy atom. The number of hydrogen-bond acceptors (Lipinski definition) is 6. The van der Waals surface area contributed by atoms with Gasteiger partial charge in [0.05, 0.1) is 25.6 Å². The van der Waals surface area contributed by atoms with Crippen molar-refractivity contribution in [1.82, 2.24) is 10.3 Å². The summed E-state index contributed by atoms with van der Waals surface area (Å²) in [6.45, 7) is 7.57. The molecule has 0 radical (unpaired) electrons. The number of benzene rings is 3. The topological polar surface area (TPSA) is 66.4 Å². The van der Waals surface area contributed by atoms with E-state index in [0.717, 1.165) is 74.9 Å². The Morgan fingerprint density at radius 1 is 0.973 bits per heavy atom. The van der Waals surface area contributed by atoms with Crippen molar-refractivity contribution in [3.05, 3.63) is 89.5 Å². The summed E-state index contributed by atoms with van der Waals surface area (Å²) in [5, 5.41) is 4.10. The highest BCUT2D eigenvalue weighted by Gasteiger charge is 2.19. The monoisotopic (exact) mass is 500 g/mol. The van der Waals surface area contributed by atoms with Crippen LogP contribution in [-0.4, -0.2) is 56.9 Å². The van der Waals surface area contributed by atoms with Gasteiger partial charge in [0.2, 0.25) is 0 Å². The zero-order valence-corrected chi connectivity index (χ0v) is 21.7. The van der Waals surface area contributed by atoms with E-state index in [2.05, 4.69) is 39.4 Å².